The van der Waals surface area contributed by atoms with Gasteiger partial charge in [0.05, 0.1) is 64.5 Å². The Kier molecular flexibility index (Phi) is 47.8. The zero-order valence-electron chi connectivity index (χ0n) is 71.1. The average molecular weight is 1770 g/mol. The van der Waals surface area contributed by atoms with Gasteiger partial charge >= 0.3 is 0 Å². The van der Waals surface area contributed by atoms with E-state index >= 15 is 0 Å². The average Bonchev–Trinajstić information content (AvgIpc) is 0.763. The number of amides is 3. The highest BCUT2D eigenvalue weighted by atomic mass is 16.8. The highest BCUT2D eigenvalue weighted by Crippen LogP contribution is 2.40. The fraction of sp³-hybridized carbons (Fsp3) is 0.939. The SMILES string of the molecule is CCCCCCCCCCCCC/C=C/[C@@H](O)[C@H](CO[C@@H]1OC(CO)[C@@H](O[C@@H]2OC(CO)[C@H](O[C@@H]3OC(CO)[C@H](O)[C@H](O[C@@H]4OC(CO)[C@H](O)[C@H](O[C@H]5OC(CO)[C@H](O)[C@H](O[C@@H]6OC(CO)[C@H](O)[C@H](O)C6NC(C)=O)C5O)C4O[C@H]4OC(C)[C@@H](O)C(O)[C@@H]4O)C3NC(C)=O)[C@H](O)C2O)[C@H](O)C1O)NC(=O)CCCCCCCCCCCCCCCCC. The quantitative estimate of drug-likeness (QED) is 0.0207. The summed E-state index contributed by atoms with van der Waals surface area (Å²) < 4.78 is 84.4. The van der Waals surface area contributed by atoms with Crippen LogP contribution in [0.2, 0.25) is 0 Å². The van der Waals surface area contributed by atoms with Gasteiger partial charge in [0, 0.05) is 20.3 Å². The van der Waals surface area contributed by atoms with E-state index in [1.165, 1.54) is 116 Å². The van der Waals surface area contributed by atoms with Crippen molar-refractivity contribution in [3.63, 3.8) is 0 Å². The minimum Gasteiger partial charge on any atom is -0.394 e. The molecule has 0 spiro atoms. The number of aliphatic hydroxyl groups excluding tert-OH is 20. The summed E-state index contributed by atoms with van der Waals surface area (Å²) in [6.45, 7) is 0.890. The normalized spacial score (nSPS) is 38.9. The molecule has 7 aliphatic rings. The van der Waals surface area contributed by atoms with E-state index in [1.807, 2.05) is 6.08 Å². The number of allylic oxidation sites excluding steroid dienone is 1. The van der Waals surface area contributed by atoms with Gasteiger partial charge in [-0.3, -0.25) is 14.4 Å². The third-order valence-corrected chi connectivity index (χ3v) is 23.8. The van der Waals surface area contributed by atoms with E-state index in [0.29, 0.717) is 12.8 Å². The molecule has 0 aromatic heterocycles. The first-order chi connectivity index (χ1) is 58.5. The van der Waals surface area contributed by atoms with Crippen LogP contribution >= 0.6 is 0 Å². The lowest BCUT2D eigenvalue weighted by molar-refractivity contribution is -0.407. The fourth-order valence-electron chi connectivity index (χ4n) is 16.5. The molecule has 3 amide bonds. The molecule has 0 saturated carbocycles. The number of hydrogen-bond donors (Lipinski definition) is 23. The van der Waals surface area contributed by atoms with Gasteiger partial charge in [0.25, 0.3) is 0 Å². The van der Waals surface area contributed by atoms with Crippen molar-refractivity contribution in [3.8, 4) is 0 Å². The van der Waals surface area contributed by atoms with Gasteiger partial charge in [0.15, 0.2) is 44.0 Å². The Morgan fingerprint density at radius 1 is 0.336 bits per heavy atom. The first-order valence-corrected chi connectivity index (χ1v) is 44.3. The van der Waals surface area contributed by atoms with Gasteiger partial charge in [-0.2, -0.15) is 0 Å². The summed E-state index contributed by atoms with van der Waals surface area (Å²) >= 11 is 0. The van der Waals surface area contributed by atoms with Crippen LogP contribution in [-0.4, -0.2) is 393 Å². The van der Waals surface area contributed by atoms with E-state index in [1.54, 1.807) is 6.08 Å². The number of aliphatic hydroxyl groups is 20. The number of carbonyl (C=O) groups is 3. The molecule has 23 N–H and O–H groups in total. The number of nitrogens with one attached hydrogen (secondary N) is 3. The van der Waals surface area contributed by atoms with Gasteiger partial charge in [-0.25, -0.2) is 0 Å². The Balaban J connectivity index is 1.05. The molecular formula is C82H147N3O37. The molecule has 37 atom stereocenters. The third-order valence-electron chi connectivity index (χ3n) is 23.8. The van der Waals surface area contributed by atoms with Gasteiger partial charge in [0.1, 0.15) is 165 Å². The molecule has 0 aromatic carbocycles. The van der Waals surface area contributed by atoms with Crippen LogP contribution in [0.1, 0.15) is 214 Å². The lowest BCUT2D eigenvalue weighted by Gasteiger charge is -2.52. The molecule has 7 rings (SSSR count). The molecule has 14 unspecified atom stereocenters. The van der Waals surface area contributed by atoms with Crippen LogP contribution in [0.3, 0.4) is 0 Å². The molecule has 7 heterocycles. The molecule has 7 saturated heterocycles. The highest BCUT2D eigenvalue weighted by molar-refractivity contribution is 5.76. The summed E-state index contributed by atoms with van der Waals surface area (Å²) in [6, 6.07) is -4.69. The zero-order valence-corrected chi connectivity index (χ0v) is 71.1. The van der Waals surface area contributed by atoms with Crippen LogP contribution < -0.4 is 16.0 Å². The molecule has 7 aliphatic heterocycles. The van der Waals surface area contributed by atoms with Crippen molar-refractivity contribution in [1.29, 1.82) is 0 Å². The zero-order chi connectivity index (χ0) is 89.3. The monoisotopic (exact) mass is 1770 g/mol. The maximum Gasteiger partial charge on any atom is 0.220 e. The van der Waals surface area contributed by atoms with Gasteiger partial charge in [0.2, 0.25) is 17.7 Å². The van der Waals surface area contributed by atoms with Crippen LogP contribution in [-0.2, 0) is 80.7 Å². The van der Waals surface area contributed by atoms with Gasteiger partial charge < -0.3 is 184 Å². The summed E-state index contributed by atoms with van der Waals surface area (Å²) in [5.74, 6) is -2.08. The standard InChI is InChI=1S/C82H147N3O37/c1-6-8-10-12-14-16-18-20-21-23-25-27-29-31-33-35-54(95)85-46(47(94)34-32-30-28-26-24-22-19-17-15-13-11-9-7-2)42-109-78-67(106)64(103)71(52(40-90)115-78)118-80-68(107)65(104)70(53(41-91)116-80)117-77-56(84-45(5)93)72(59(98)49(37-87)112-77)119-82-75(122-79-66(105)63(102)57(96)43(3)110-79)74(61(100)51(39-89)114-82)121-81-69(108)73(60(99)50(38-88)113-81)120-76-55(83-44(4)92)62(101)58(97)48(36-86)111-76/h32,34,43,46-53,55-82,86-91,94,96-108H,6-31,33,35-42H2,1-5H3,(H,83,92)(H,84,93)(H,85,95)/b34-32+/t43?,46-,47+,48?,49?,50?,51?,52?,53?,55?,56?,57+,58-,59-,60-,61-,62+,63?,64+,65+,66-,67?,68?,69?,70-,71+,72+,73-,74-,75?,76-,77-,78+,79+,80-,81+,82-/m0/s1. The van der Waals surface area contributed by atoms with Crippen LogP contribution in [0.4, 0.5) is 0 Å². The van der Waals surface area contributed by atoms with E-state index in [0.717, 1.165) is 65.2 Å². The summed E-state index contributed by atoms with van der Waals surface area (Å²) in [7, 11) is 0. The Labute approximate surface area is 713 Å². The highest BCUT2D eigenvalue weighted by Gasteiger charge is 2.60. The molecule has 7 fully saturated rings. The molecule has 0 aromatic rings. The Morgan fingerprint density at radius 3 is 1.19 bits per heavy atom. The molecule has 0 bridgehead atoms. The van der Waals surface area contributed by atoms with Crippen molar-refractivity contribution in [3.05, 3.63) is 12.2 Å². The summed E-state index contributed by atoms with van der Waals surface area (Å²) in [6.07, 6.45) is -33.0. The molecule has 712 valence electrons. The number of unbranched alkanes of at least 4 members (excludes halogenated alkanes) is 25. The molecule has 40 heteroatoms. The second-order valence-corrected chi connectivity index (χ2v) is 33.4. The molecule has 0 aliphatic carbocycles. The molecule has 40 nitrogen and oxygen atoms in total. The van der Waals surface area contributed by atoms with E-state index in [-0.39, 0.29) is 12.3 Å². The largest absolute Gasteiger partial charge is 0.394 e. The number of ether oxygens (including phenoxy) is 14. The predicted molar refractivity (Wildman–Crippen MR) is 425 cm³/mol. The van der Waals surface area contributed by atoms with Gasteiger partial charge in [-0.15, -0.1) is 0 Å². The van der Waals surface area contributed by atoms with Crippen LogP contribution in [0.15, 0.2) is 12.2 Å². The maximum atomic E-state index is 13.6. The predicted octanol–water partition coefficient (Wildman–Crippen LogP) is -3.57. The Morgan fingerprint density at radius 2 is 0.689 bits per heavy atom. The second-order valence-electron chi connectivity index (χ2n) is 33.4. The number of rotatable bonds is 54. The van der Waals surface area contributed by atoms with E-state index < -0.39 is 285 Å². The summed E-state index contributed by atoms with van der Waals surface area (Å²) in [4.78, 5) is 39.3. The van der Waals surface area contributed by atoms with E-state index in [2.05, 4.69) is 29.8 Å². The number of hydrogen-bond acceptors (Lipinski definition) is 37. The minimum absolute atomic E-state index is 0.163. The van der Waals surface area contributed by atoms with Crippen molar-refractivity contribution < 1.29 is 183 Å². The first-order valence-electron chi connectivity index (χ1n) is 44.3. The lowest BCUT2D eigenvalue weighted by Crippen LogP contribution is -2.71. The van der Waals surface area contributed by atoms with Crippen molar-refractivity contribution in [2.75, 3.05) is 46.2 Å². The van der Waals surface area contributed by atoms with Crippen molar-refractivity contribution in [2.24, 2.45) is 0 Å². The molecule has 122 heavy (non-hydrogen) atoms. The van der Waals surface area contributed by atoms with Crippen molar-refractivity contribution >= 4 is 17.7 Å². The third kappa shape index (κ3) is 30.7. The van der Waals surface area contributed by atoms with Gasteiger partial charge in [-0.1, -0.05) is 180 Å². The molecular weight excluding hydrogens is 1620 g/mol. The smallest absolute Gasteiger partial charge is 0.220 e. The number of carbonyl (C=O) groups excluding carboxylic acids is 3. The van der Waals surface area contributed by atoms with E-state index in [9.17, 15) is 117 Å². The van der Waals surface area contributed by atoms with Crippen LogP contribution in [0, 0.1) is 0 Å². The topological polar surface area (TPSA) is 621 Å². The Bertz CT molecular complexity index is 2910. The Hall–Kier alpha value is -3.21. The molecule has 0 radical (unpaired) electrons. The van der Waals surface area contributed by atoms with Gasteiger partial charge in [-0.05, 0) is 26.2 Å². The van der Waals surface area contributed by atoms with Crippen molar-refractivity contribution in [2.45, 2.75) is 441 Å². The first kappa shape index (κ1) is 106. The lowest BCUT2D eigenvalue weighted by atomic mass is 9.93. The van der Waals surface area contributed by atoms with E-state index in [4.69, 9.17) is 66.3 Å². The second kappa shape index (κ2) is 55.1. The summed E-state index contributed by atoms with van der Waals surface area (Å²) in [5.41, 5.74) is 0. The fourth-order valence-corrected chi connectivity index (χ4v) is 16.5. The maximum absolute atomic E-state index is 13.6. The van der Waals surface area contributed by atoms with Crippen LogP contribution in [0.5, 0.6) is 0 Å². The minimum atomic E-state index is -2.32. The van der Waals surface area contributed by atoms with Crippen molar-refractivity contribution in [1.82, 2.24) is 16.0 Å². The van der Waals surface area contributed by atoms with Crippen LogP contribution in [0.25, 0.3) is 0 Å². The summed E-state index contributed by atoms with van der Waals surface area (Å²) in [5, 5.41) is 233.